The molecule has 1 aliphatic rings. The summed E-state index contributed by atoms with van der Waals surface area (Å²) in [5, 5.41) is 0.999. The van der Waals surface area contributed by atoms with Crippen molar-refractivity contribution in [2.75, 3.05) is 25.6 Å². The molecule has 3 aromatic rings. The van der Waals surface area contributed by atoms with Crippen molar-refractivity contribution in [1.29, 1.82) is 0 Å². The van der Waals surface area contributed by atoms with Gasteiger partial charge in [-0.25, -0.2) is 9.97 Å². The Morgan fingerprint density at radius 1 is 1.30 bits per heavy atom. The molecule has 0 spiro atoms. The second-order valence-electron chi connectivity index (χ2n) is 6.79. The van der Waals surface area contributed by atoms with Crippen molar-refractivity contribution in [2.24, 2.45) is 0 Å². The first kappa shape index (κ1) is 18.0. The molecule has 7 nitrogen and oxygen atoms in total. The molecule has 27 heavy (non-hydrogen) atoms. The minimum Gasteiger partial charge on any atom is -0.488 e. The van der Waals surface area contributed by atoms with Gasteiger partial charge in [-0.1, -0.05) is 6.92 Å². The van der Waals surface area contributed by atoms with Crippen molar-refractivity contribution < 1.29 is 14.2 Å². The topological polar surface area (TPSA) is 84.4 Å². The van der Waals surface area contributed by atoms with Gasteiger partial charge in [0.05, 0.1) is 24.2 Å². The van der Waals surface area contributed by atoms with E-state index in [2.05, 4.69) is 16.5 Å². The van der Waals surface area contributed by atoms with Crippen molar-refractivity contribution in [3.63, 3.8) is 0 Å². The van der Waals surface area contributed by atoms with Gasteiger partial charge in [-0.15, -0.1) is 0 Å². The summed E-state index contributed by atoms with van der Waals surface area (Å²) in [5.41, 5.74) is 8.80. The predicted octanol–water partition coefficient (Wildman–Crippen LogP) is 3.28. The van der Waals surface area contributed by atoms with E-state index < -0.39 is 0 Å². The highest BCUT2D eigenvalue weighted by Gasteiger charge is 2.20. The molecule has 1 saturated heterocycles. The fourth-order valence-corrected chi connectivity index (χ4v) is 3.58. The first-order valence-electron chi connectivity index (χ1n) is 9.61. The monoisotopic (exact) mass is 370 g/mol. The van der Waals surface area contributed by atoms with Crippen molar-refractivity contribution in [2.45, 2.75) is 45.9 Å². The number of rotatable bonds is 7. The number of pyridine rings is 1. The fraction of sp³-hybridized carbons (Fsp3) is 0.500. The third-order valence-corrected chi connectivity index (χ3v) is 4.83. The molecule has 144 valence electrons. The van der Waals surface area contributed by atoms with Crippen molar-refractivity contribution in [1.82, 2.24) is 14.5 Å². The first-order valence-corrected chi connectivity index (χ1v) is 9.61. The van der Waals surface area contributed by atoms with Crippen LogP contribution in [0.3, 0.4) is 0 Å². The summed E-state index contributed by atoms with van der Waals surface area (Å²) in [6.45, 7) is 7.47. The summed E-state index contributed by atoms with van der Waals surface area (Å²) in [5.74, 6) is 2.15. The Morgan fingerprint density at radius 3 is 2.93 bits per heavy atom. The molecule has 3 heterocycles. The summed E-state index contributed by atoms with van der Waals surface area (Å²) >= 11 is 0. The van der Waals surface area contributed by atoms with Crippen LogP contribution in [0.1, 0.15) is 32.5 Å². The molecule has 1 aromatic carbocycles. The van der Waals surface area contributed by atoms with Gasteiger partial charge >= 0.3 is 0 Å². The Kier molecular flexibility index (Phi) is 5.13. The summed E-state index contributed by atoms with van der Waals surface area (Å²) in [6.07, 6.45) is 2.01. The lowest BCUT2D eigenvalue weighted by Gasteiger charge is -2.14. The largest absolute Gasteiger partial charge is 0.488 e. The Balaban J connectivity index is 1.86. The number of imidazole rings is 1. The number of benzene rings is 1. The number of aromatic nitrogens is 3. The molecule has 0 aliphatic carbocycles. The zero-order valence-corrected chi connectivity index (χ0v) is 15.9. The third-order valence-electron chi connectivity index (χ3n) is 4.83. The predicted molar refractivity (Wildman–Crippen MR) is 105 cm³/mol. The minimum atomic E-state index is 0.105. The van der Waals surface area contributed by atoms with Gasteiger partial charge in [-0.2, -0.15) is 0 Å². The van der Waals surface area contributed by atoms with Crippen molar-refractivity contribution in [3.8, 4) is 5.75 Å². The zero-order chi connectivity index (χ0) is 18.8. The number of nitrogens with two attached hydrogens (primary N) is 1. The number of fused-ring (bicyclic) bond motifs is 3. The molecule has 0 saturated carbocycles. The second-order valence-corrected chi connectivity index (χ2v) is 6.79. The van der Waals surface area contributed by atoms with Crippen LogP contribution in [0.15, 0.2) is 18.2 Å². The maximum absolute atomic E-state index is 6.22. The highest BCUT2D eigenvalue weighted by molar-refractivity contribution is 6.07. The highest BCUT2D eigenvalue weighted by Crippen LogP contribution is 2.32. The lowest BCUT2D eigenvalue weighted by Crippen LogP contribution is -2.15. The molecule has 0 amide bonds. The van der Waals surface area contributed by atoms with Gasteiger partial charge in [0.15, 0.2) is 5.82 Å². The van der Waals surface area contributed by atoms with Gasteiger partial charge in [-0.05, 0) is 31.5 Å². The van der Waals surface area contributed by atoms with Crippen LogP contribution in [0, 0.1) is 0 Å². The van der Waals surface area contributed by atoms with Gasteiger partial charge in [0.1, 0.15) is 29.8 Å². The van der Waals surface area contributed by atoms with Crippen LogP contribution in [0.4, 0.5) is 5.82 Å². The van der Waals surface area contributed by atoms with Gasteiger partial charge < -0.3 is 24.5 Å². The van der Waals surface area contributed by atoms with Gasteiger partial charge in [0, 0.05) is 25.0 Å². The van der Waals surface area contributed by atoms with Gasteiger partial charge in [-0.3, -0.25) is 0 Å². The molecule has 0 bridgehead atoms. The van der Waals surface area contributed by atoms with Crippen LogP contribution in [-0.2, 0) is 22.6 Å². The maximum Gasteiger partial charge on any atom is 0.152 e. The number of anilines is 1. The number of ether oxygens (including phenoxy) is 3. The SMILES string of the molecule is CCCn1c(COCC)nc2c(N)nc3ccc(OC4CCOC4)cc3c21. The molecule has 2 N–H and O–H groups in total. The zero-order valence-electron chi connectivity index (χ0n) is 15.9. The smallest absolute Gasteiger partial charge is 0.152 e. The van der Waals surface area contributed by atoms with Crippen LogP contribution in [-0.4, -0.2) is 40.5 Å². The summed E-state index contributed by atoms with van der Waals surface area (Å²) in [6, 6.07) is 5.95. The standard InChI is InChI=1S/C20H26N4O3/c1-3-8-24-17(12-25-4-2)23-18-19(24)15-10-13(27-14-7-9-26-11-14)5-6-16(15)22-20(18)21/h5-6,10,14H,3-4,7-9,11-12H2,1-2H3,(H2,21,22). The van der Waals surface area contributed by atoms with E-state index in [0.717, 1.165) is 59.5 Å². The third kappa shape index (κ3) is 3.44. The highest BCUT2D eigenvalue weighted by atomic mass is 16.5. The Bertz CT molecular complexity index is 947. The number of hydrogen-bond donors (Lipinski definition) is 1. The molecule has 0 radical (unpaired) electrons. The van der Waals surface area contributed by atoms with E-state index in [1.165, 1.54) is 0 Å². The normalized spacial score (nSPS) is 17.2. The summed E-state index contributed by atoms with van der Waals surface area (Å²) in [4.78, 5) is 9.29. The van der Waals surface area contributed by atoms with E-state index in [-0.39, 0.29) is 6.10 Å². The van der Waals surface area contributed by atoms with E-state index in [1.807, 2.05) is 25.1 Å². The lowest BCUT2D eigenvalue weighted by molar-refractivity contribution is 0.126. The Morgan fingerprint density at radius 2 is 2.19 bits per heavy atom. The molecule has 7 heteroatoms. The minimum absolute atomic E-state index is 0.105. The molecule has 4 rings (SSSR count). The van der Waals surface area contributed by atoms with E-state index in [9.17, 15) is 0 Å². The van der Waals surface area contributed by atoms with E-state index in [0.29, 0.717) is 25.6 Å². The number of hydrogen-bond acceptors (Lipinski definition) is 6. The van der Waals surface area contributed by atoms with Crippen LogP contribution >= 0.6 is 0 Å². The number of aryl methyl sites for hydroxylation is 1. The molecular formula is C20H26N4O3. The van der Waals surface area contributed by atoms with Crippen molar-refractivity contribution >= 4 is 27.8 Å². The average Bonchev–Trinajstić information content (AvgIpc) is 3.30. The Labute approximate surface area is 158 Å². The molecule has 1 fully saturated rings. The molecule has 1 aliphatic heterocycles. The van der Waals surface area contributed by atoms with Crippen molar-refractivity contribution in [3.05, 3.63) is 24.0 Å². The molecule has 1 atom stereocenters. The van der Waals surface area contributed by atoms with Crippen LogP contribution < -0.4 is 10.5 Å². The fourth-order valence-electron chi connectivity index (χ4n) is 3.58. The summed E-state index contributed by atoms with van der Waals surface area (Å²) < 4.78 is 19.3. The number of nitrogen functional groups attached to an aromatic ring is 1. The van der Waals surface area contributed by atoms with E-state index in [1.54, 1.807) is 0 Å². The molecule has 1 unspecified atom stereocenters. The number of nitrogens with zero attached hydrogens (tertiary/aromatic N) is 3. The van der Waals surface area contributed by atoms with Gasteiger partial charge in [0.25, 0.3) is 0 Å². The average molecular weight is 370 g/mol. The quantitative estimate of drug-likeness (QED) is 0.687. The maximum atomic E-state index is 6.22. The Hall–Kier alpha value is -2.38. The van der Waals surface area contributed by atoms with E-state index >= 15 is 0 Å². The second kappa shape index (κ2) is 7.70. The van der Waals surface area contributed by atoms with Gasteiger partial charge in [0.2, 0.25) is 0 Å². The first-order chi connectivity index (χ1) is 13.2. The lowest BCUT2D eigenvalue weighted by atomic mass is 10.1. The summed E-state index contributed by atoms with van der Waals surface area (Å²) in [7, 11) is 0. The van der Waals surface area contributed by atoms with E-state index in [4.69, 9.17) is 24.9 Å². The van der Waals surface area contributed by atoms with Crippen LogP contribution in [0.2, 0.25) is 0 Å². The van der Waals surface area contributed by atoms with Crippen LogP contribution in [0.25, 0.3) is 21.9 Å². The van der Waals surface area contributed by atoms with Crippen LogP contribution in [0.5, 0.6) is 5.75 Å². The molecular weight excluding hydrogens is 344 g/mol. The molecule has 2 aromatic heterocycles.